The molecule has 0 amide bonds. The van der Waals surface area contributed by atoms with Gasteiger partial charge in [0.15, 0.2) is 0 Å². The minimum Gasteiger partial charge on any atom is -0.384 e. The van der Waals surface area contributed by atoms with Gasteiger partial charge in [-0.25, -0.2) is 0 Å². The largest absolute Gasteiger partial charge is 0.416 e. The Morgan fingerprint density at radius 3 is 2.38 bits per heavy atom. The summed E-state index contributed by atoms with van der Waals surface area (Å²) >= 11 is 0. The van der Waals surface area contributed by atoms with Gasteiger partial charge in [0.1, 0.15) is 6.07 Å². The van der Waals surface area contributed by atoms with Crippen LogP contribution >= 0.6 is 0 Å². The van der Waals surface area contributed by atoms with Crippen molar-refractivity contribution in [3.8, 4) is 6.07 Å². The van der Waals surface area contributed by atoms with Gasteiger partial charge in [-0.05, 0) is 37.0 Å². The molecule has 0 radical (unpaired) electrons. The van der Waals surface area contributed by atoms with Crippen molar-refractivity contribution < 1.29 is 13.2 Å². The molecule has 1 saturated carbocycles. The molecule has 2 nitrogen and oxygen atoms in total. The number of rotatable bonds is 3. The van der Waals surface area contributed by atoms with Crippen LogP contribution in [0.25, 0.3) is 0 Å². The topological polar surface area (TPSA) is 35.8 Å². The number of hydrogen-bond donors (Lipinski definition) is 1. The van der Waals surface area contributed by atoms with E-state index < -0.39 is 11.7 Å². The van der Waals surface area contributed by atoms with Gasteiger partial charge in [-0.3, -0.25) is 0 Å². The molecule has 0 atom stereocenters. The van der Waals surface area contributed by atoms with E-state index in [9.17, 15) is 13.2 Å². The highest BCUT2D eigenvalue weighted by molar-refractivity contribution is 5.59. The first kappa shape index (κ1) is 15.7. The summed E-state index contributed by atoms with van der Waals surface area (Å²) in [7, 11) is 0. The lowest BCUT2D eigenvalue weighted by molar-refractivity contribution is -0.137. The summed E-state index contributed by atoms with van der Waals surface area (Å²) in [5, 5.41) is 12.2. The van der Waals surface area contributed by atoms with Crippen molar-refractivity contribution in [1.29, 1.82) is 5.26 Å². The van der Waals surface area contributed by atoms with E-state index in [-0.39, 0.29) is 5.56 Å². The highest BCUT2D eigenvalue weighted by atomic mass is 19.4. The lowest BCUT2D eigenvalue weighted by atomic mass is 10.00. The Bertz CT molecular complexity index is 509. The summed E-state index contributed by atoms with van der Waals surface area (Å²) in [5.41, 5.74) is -0.229. The summed E-state index contributed by atoms with van der Waals surface area (Å²) in [5.74, 6) is 0.543. The Kier molecular flexibility index (Phi) is 5.11. The number of nitrogens with one attached hydrogen (secondary N) is 1. The molecule has 1 aliphatic rings. The number of nitrogens with zero attached hydrogens (tertiary/aromatic N) is 1. The van der Waals surface area contributed by atoms with Crippen molar-refractivity contribution in [3.63, 3.8) is 0 Å². The van der Waals surface area contributed by atoms with Crippen LogP contribution in [0.15, 0.2) is 18.2 Å². The van der Waals surface area contributed by atoms with Crippen molar-refractivity contribution in [1.82, 2.24) is 0 Å². The van der Waals surface area contributed by atoms with Gasteiger partial charge in [0.05, 0.1) is 16.8 Å². The van der Waals surface area contributed by atoms with Crippen LogP contribution in [0, 0.1) is 17.2 Å². The van der Waals surface area contributed by atoms with Gasteiger partial charge in [0, 0.05) is 6.54 Å². The third-order valence-corrected chi connectivity index (χ3v) is 4.02. The van der Waals surface area contributed by atoms with Crippen LogP contribution in [0.3, 0.4) is 0 Å². The molecule has 0 heterocycles. The summed E-state index contributed by atoms with van der Waals surface area (Å²) in [6.45, 7) is 0.722. The van der Waals surface area contributed by atoms with Crippen LogP contribution in [0.1, 0.15) is 49.7 Å². The van der Waals surface area contributed by atoms with Gasteiger partial charge in [0.25, 0.3) is 0 Å². The van der Waals surface area contributed by atoms with E-state index in [1.165, 1.54) is 31.7 Å². The number of nitriles is 1. The van der Waals surface area contributed by atoms with Gasteiger partial charge in [-0.1, -0.05) is 25.7 Å². The lowest BCUT2D eigenvalue weighted by Gasteiger charge is -2.17. The van der Waals surface area contributed by atoms with Crippen molar-refractivity contribution >= 4 is 5.69 Å². The Labute approximate surface area is 123 Å². The van der Waals surface area contributed by atoms with Crippen molar-refractivity contribution in [3.05, 3.63) is 29.3 Å². The first-order valence-corrected chi connectivity index (χ1v) is 7.36. The molecule has 0 unspecified atom stereocenters. The van der Waals surface area contributed by atoms with Crippen molar-refractivity contribution in [2.24, 2.45) is 5.92 Å². The summed E-state index contributed by atoms with van der Waals surface area (Å²) in [4.78, 5) is 0. The third kappa shape index (κ3) is 4.38. The SMILES string of the molecule is N#Cc1cc(C(F)(F)F)ccc1NCC1CCCCCC1. The predicted molar refractivity (Wildman–Crippen MR) is 75.8 cm³/mol. The van der Waals surface area contributed by atoms with Crippen molar-refractivity contribution in [2.75, 3.05) is 11.9 Å². The normalized spacial score (nSPS) is 17.0. The average Bonchev–Trinajstić information content (AvgIpc) is 2.72. The second kappa shape index (κ2) is 6.84. The van der Waals surface area contributed by atoms with Gasteiger partial charge in [0.2, 0.25) is 0 Å². The summed E-state index contributed by atoms with van der Waals surface area (Å²) in [6, 6.07) is 5.14. The molecule has 5 heteroatoms. The Morgan fingerprint density at radius 2 is 1.81 bits per heavy atom. The van der Waals surface area contributed by atoms with Crippen molar-refractivity contribution in [2.45, 2.75) is 44.7 Å². The smallest absolute Gasteiger partial charge is 0.384 e. The predicted octanol–water partition coefficient (Wildman–Crippen LogP) is 4.96. The molecule has 1 N–H and O–H groups in total. The molecular weight excluding hydrogens is 277 g/mol. The van der Waals surface area contributed by atoms with E-state index in [1.54, 1.807) is 0 Å². The first-order valence-electron chi connectivity index (χ1n) is 7.36. The lowest BCUT2D eigenvalue weighted by Crippen LogP contribution is -2.15. The highest BCUT2D eigenvalue weighted by Gasteiger charge is 2.31. The fourth-order valence-electron chi connectivity index (χ4n) is 2.79. The van der Waals surface area contributed by atoms with E-state index in [0.29, 0.717) is 11.6 Å². The number of anilines is 1. The van der Waals surface area contributed by atoms with E-state index in [1.807, 2.05) is 6.07 Å². The molecular formula is C16H19F3N2. The number of hydrogen-bond acceptors (Lipinski definition) is 2. The van der Waals surface area contributed by atoms with Crippen LogP contribution in [0.2, 0.25) is 0 Å². The molecule has 0 saturated heterocycles. The average molecular weight is 296 g/mol. The Morgan fingerprint density at radius 1 is 1.14 bits per heavy atom. The Hall–Kier alpha value is -1.70. The fraction of sp³-hybridized carbons (Fsp3) is 0.562. The number of halogens is 3. The van der Waals surface area contributed by atoms with E-state index >= 15 is 0 Å². The minimum atomic E-state index is -4.41. The van der Waals surface area contributed by atoms with Crippen LogP contribution in [-0.2, 0) is 6.18 Å². The molecule has 1 fully saturated rings. The van der Waals surface area contributed by atoms with Gasteiger partial charge >= 0.3 is 6.18 Å². The molecule has 21 heavy (non-hydrogen) atoms. The molecule has 0 aliphatic heterocycles. The first-order chi connectivity index (χ1) is 10.0. The zero-order valence-corrected chi connectivity index (χ0v) is 11.8. The molecule has 2 rings (SSSR count). The number of alkyl halides is 3. The van der Waals surface area contributed by atoms with Gasteiger partial charge < -0.3 is 5.32 Å². The maximum absolute atomic E-state index is 12.6. The monoisotopic (exact) mass is 296 g/mol. The number of benzene rings is 1. The second-order valence-electron chi connectivity index (χ2n) is 5.61. The zero-order valence-electron chi connectivity index (χ0n) is 11.8. The standard InChI is InChI=1S/C16H19F3N2/c17-16(18,19)14-7-8-15(13(9-14)10-20)21-11-12-5-3-1-2-4-6-12/h7-9,12,21H,1-6,11H2. The molecule has 114 valence electrons. The molecule has 0 aromatic heterocycles. The fourth-order valence-corrected chi connectivity index (χ4v) is 2.79. The Balaban J connectivity index is 2.04. The molecule has 0 spiro atoms. The van der Waals surface area contributed by atoms with Gasteiger partial charge in [-0.15, -0.1) is 0 Å². The maximum Gasteiger partial charge on any atom is 0.416 e. The summed E-state index contributed by atoms with van der Waals surface area (Å²) < 4.78 is 37.9. The van der Waals surface area contributed by atoms with E-state index in [2.05, 4.69) is 5.32 Å². The summed E-state index contributed by atoms with van der Waals surface area (Å²) in [6.07, 6.45) is 2.84. The van der Waals surface area contributed by atoms with Crippen LogP contribution in [0.4, 0.5) is 18.9 Å². The third-order valence-electron chi connectivity index (χ3n) is 4.02. The minimum absolute atomic E-state index is 0.0541. The zero-order chi connectivity index (χ0) is 15.3. The molecule has 1 aromatic carbocycles. The maximum atomic E-state index is 12.6. The highest BCUT2D eigenvalue weighted by Crippen LogP contribution is 2.32. The van der Waals surface area contributed by atoms with Gasteiger partial charge in [-0.2, -0.15) is 18.4 Å². The molecule has 1 aliphatic carbocycles. The molecule has 1 aromatic rings. The van der Waals surface area contributed by atoms with E-state index in [4.69, 9.17) is 5.26 Å². The van der Waals surface area contributed by atoms with Crippen LogP contribution in [-0.4, -0.2) is 6.54 Å². The van der Waals surface area contributed by atoms with Crippen LogP contribution < -0.4 is 5.32 Å². The second-order valence-corrected chi connectivity index (χ2v) is 5.61. The molecule has 0 bridgehead atoms. The van der Waals surface area contributed by atoms with Crippen LogP contribution in [0.5, 0.6) is 0 Å². The quantitative estimate of drug-likeness (QED) is 0.800. The van der Waals surface area contributed by atoms with E-state index in [0.717, 1.165) is 31.5 Å².